The van der Waals surface area contributed by atoms with Crippen molar-refractivity contribution in [3.8, 4) is 0 Å². The first-order valence-corrected chi connectivity index (χ1v) is 9.25. The van der Waals surface area contributed by atoms with Crippen LogP contribution in [0.4, 0.5) is 10.1 Å². The van der Waals surface area contributed by atoms with Crippen LogP contribution < -0.4 is 16.4 Å². The summed E-state index contributed by atoms with van der Waals surface area (Å²) in [6.45, 7) is 1.40. The van der Waals surface area contributed by atoms with Crippen molar-refractivity contribution < 1.29 is 18.7 Å². The van der Waals surface area contributed by atoms with Gasteiger partial charge in [0.1, 0.15) is 5.82 Å². The average Bonchev–Trinajstić information content (AvgIpc) is 2.74. The lowest BCUT2D eigenvalue weighted by atomic mass is 9.79. The van der Waals surface area contributed by atoms with Crippen LogP contribution in [-0.4, -0.2) is 31.6 Å². The van der Waals surface area contributed by atoms with Gasteiger partial charge in [-0.2, -0.15) is 0 Å². The molecule has 0 aromatic heterocycles. The van der Waals surface area contributed by atoms with Crippen LogP contribution in [0.5, 0.6) is 0 Å². The van der Waals surface area contributed by atoms with Crippen LogP contribution >= 0.6 is 12.4 Å². The third-order valence-electron chi connectivity index (χ3n) is 5.12. The number of amides is 2. The molecule has 0 atom stereocenters. The minimum Gasteiger partial charge on any atom is -0.381 e. The van der Waals surface area contributed by atoms with Crippen molar-refractivity contribution in [1.29, 1.82) is 0 Å². The monoisotopic (exact) mass is 421 g/mol. The number of anilines is 1. The highest BCUT2D eigenvalue weighted by molar-refractivity contribution is 5.97. The van der Waals surface area contributed by atoms with E-state index in [0.29, 0.717) is 42.9 Å². The fraction of sp³-hybridized carbons (Fsp3) is 0.333. The molecule has 1 aliphatic rings. The van der Waals surface area contributed by atoms with Crippen molar-refractivity contribution in [2.75, 3.05) is 25.1 Å². The standard InChI is InChI=1S/C21H24FN3O3.ClH/c22-18-4-2-1-3-16(18)13-24-19(26)15-5-7-17(8-6-15)25-20(27)21(14-23)9-11-28-12-10-21;/h1-8H,9-14,23H2,(H,24,26)(H,25,27);1H. The molecule has 1 heterocycles. The van der Waals surface area contributed by atoms with Crippen molar-refractivity contribution in [3.63, 3.8) is 0 Å². The number of carbonyl (C=O) groups excluding carboxylic acids is 2. The van der Waals surface area contributed by atoms with Crippen LogP contribution in [0.15, 0.2) is 48.5 Å². The Labute approximate surface area is 175 Å². The van der Waals surface area contributed by atoms with Crippen molar-refractivity contribution >= 4 is 29.9 Å². The molecule has 156 valence electrons. The molecule has 8 heteroatoms. The van der Waals surface area contributed by atoms with E-state index in [0.717, 1.165) is 0 Å². The zero-order valence-electron chi connectivity index (χ0n) is 15.9. The van der Waals surface area contributed by atoms with Gasteiger partial charge in [0.05, 0.1) is 5.41 Å². The minimum atomic E-state index is -0.617. The van der Waals surface area contributed by atoms with Gasteiger partial charge in [0.15, 0.2) is 0 Å². The van der Waals surface area contributed by atoms with Gasteiger partial charge < -0.3 is 21.1 Å². The topological polar surface area (TPSA) is 93.5 Å². The summed E-state index contributed by atoms with van der Waals surface area (Å²) in [5.74, 6) is -0.804. The first-order chi connectivity index (χ1) is 13.5. The zero-order valence-corrected chi connectivity index (χ0v) is 16.8. The van der Waals surface area contributed by atoms with E-state index in [1.165, 1.54) is 6.07 Å². The predicted octanol–water partition coefficient (Wildman–Crippen LogP) is 2.87. The number of nitrogens with one attached hydrogen (secondary N) is 2. The van der Waals surface area contributed by atoms with Crippen molar-refractivity contribution in [2.24, 2.45) is 11.1 Å². The molecule has 0 bridgehead atoms. The number of rotatable bonds is 6. The fourth-order valence-electron chi connectivity index (χ4n) is 3.17. The second-order valence-electron chi connectivity index (χ2n) is 6.90. The summed E-state index contributed by atoms with van der Waals surface area (Å²) in [5, 5.41) is 5.57. The van der Waals surface area contributed by atoms with Gasteiger partial charge in [0, 0.05) is 43.1 Å². The third-order valence-corrected chi connectivity index (χ3v) is 5.12. The van der Waals surface area contributed by atoms with Crippen LogP contribution in [0, 0.1) is 11.2 Å². The lowest BCUT2D eigenvalue weighted by Crippen LogP contribution is -2.46. The quantitative estimate of drug-likeness (QED) is 0.668. The molecule has 4 N–H and O–H groups in total. The number of hydrogen-bond acceptors (Lipinski definition) is 4. The Morgan fingerprint density at radius 2 is 1.72 bits per heavy atom. The molecule has 0 unspecified atom stereocenters. The van der Waals surface area contributed by atoms with Gasteiger partial charge in [0.25, 0.3) is 5.91 Å². The number of carbonyl (C=O) groups is 2. The van der Waals surface area contributed by atoms with Gasteiger partial charge >= 0.3 is 0 Å². The van der Waals surface area contributed by atoms with Gasteiger partial charge in [0.2, 0.25) is 5.91 Å². The van der Waals surface area contributed by atoms with E-state index in [4.69, 9.17) is 10.5 Å². The average molecular weight is 422 g/mol. The lowest BCUT2D eigenvalue weighted by molar-refractivity contribution is -0.130. The highest BCUT2D eigenvalue weighted by atomic mass is 35.5. The van der Waals surface area contributed by atoms with Crippen molar-refractivity contribution in [1.82, 2.24) is 5.32 Å². The number of hydrogen-bond donors (Lipinski definition) is 3. The maximum absolute atomic E-state index is 13.6. The maximum atomic E-state index is 13.6. The Hall–Kier alpha value is -2.48. The van der Waals surface area contributed by atoms with E-state index in [1.54, 1.807) is 42.5 Å². The van der Waals surface area contributed by atoms with Crippen molar-refractivity contribution in [3.05, 3.63) is 65.5 Å². The number of nitrogens with two attached hydrogens (primary N) is 1. The summed E-state index contributed by atoms with van der Waals surface area (Å²) in [6.07, 6.45) is 1.18. The molecule has 29 heavy (non-hydrogen) atoms. The largest absolute Gasteiger partial charge is 0.381 e. The number of halogens is 2. The summed E-state index contributed by atoms with van der Waals surface area (Å²) < 4.78 is 19.0. The SMILES string of the molecule is Cl.NCC1(C(=O)Nc2ccc(C(=O)NCc3ccccc3F)cc2)CCOCC1. The molecule has 2 amide bonds. The highest BCUT2D eigenvalue weighted by Gasteiger charge is 2.38. The van der Waals surface area contributed by atoms with E-state index in [1.807, 2.05) is 0 Å². The molecule has 1 saturated heterocycles. The lowest BCUT2D eigenvalue weighted by Gasteiger charge is -2.34. The van der Waals surface area contributed by atoms with Crippen LogP contribution in [0.1, 0.15) is 28.8 Å². The van der Waals surface area contributed by atoms with E-state index >= 15 is 0 Å². The van der Waals surface area contributed by atoms with Crippen molar-refractivity contribution in [2.45, 2.75) is 19.4 Å². The maximum Gasteiger partial charge on any atom is 0.251 e. The Bertz CT molecular complexity index is 839. The van der Waals surface area contributed by atoms with Gasteiger partial charge in [-0.15, -0.1) is 12.4 Å². The second kappa shape index (κ2) is 10.3. The number of ether oxygens (including phenoxy) is 1. The first kappa shape index (κ1) is 22.8. The fourth-order valence-corrected chi connectivity index (χ4v) is 3.17. The second-order valence-corrected chi connectivity index (χ2v) is 6.90. The minimum absolute atomic E-state index is 0. The van der Waals surface area contributed by atoms with Gasteiger partial charge in [-0.3, -0.25) is 9.59 Å². The molecular formula is C21H25ClFN3O3. The van der Waals surface area contributed by atoms with Crippen LogP contribution in [-0.2, 0) is 16.1 Å². The van der Waals surface area contributed by atoms with E-state index in [9.17, 15) is 14.0 Å². The Kier molecular flexibility index (Phi) is 8.13. The Balaban J connectivity index is 0.00000300. The Morgan fingerprint density at radius 1 is 1.07 bits per heavy atom. The van der Waals surface area contributed by atoms with E-state index in [2.05, 4.69) is 10.6 Å². The van der Waals surface area contributed by atoms with E-state index < -0.39 is 5.41 Å². The normalized spacial score (nSPS) is 15.1. The summed E-state index contributed by atoms with van der Waals surface area (Å²) in [7, 11) is 0. The molecule has 0 aliphatic carbocycles. The first-order valence-electron chi connectivity index (χ1n) is 9.25. The molecule has 3 rings (SSSR count). The van der Waals surface area contributed by atoms with E-state index in [-0.39, 0.29) is 43.1 Å². The molecule has 6 nitrogen and oxygen atoms in total. The molecule has 2 aromatic carbocycles. The molecular weight excluding hydrogens is 397 g/mol. The van der Waals surface area contributed by atoms with Gasteiger partial charge in [-0.25, -0.2) is 4.39 Å². The molecule has 2 aromatic rings. The third kappa shape index (κ3) is 5.53. The van der Waals surface area contributed by atoms with Crippen LogP contribution in [0.2, 0.25) is 0 Å². The number of benzene rings is 2. The van der Waals surface area contributed by atoms with Crippen LogP contribution in [0.25, 0.3) is 0 Å². The molecule has 1 aliphatic heterocycles. The Morgan fingerprint density at radius 3 is 2.34 bits per heavy atom. The summed E-state index contributed by atoms with van der Waals surface area (Å²) in [4.78, 5) is 24.9. The highest BCUT2D eigenvalue weighted by Crippen LogP contribution is 2.31. The smallest absolute Gasteiger partial charge is 0.251 e. The van der Waals surface area contributed by atoms with Crippen LogP contribution in [0.3, 0.4) is 0 Å². The molecule has 0 saturated carbocycles. The molecule has 0 spiro atoms. The summed E-state index contributed by atoms with van der Waals surface area (Å²) >= 11 is 0. The molecule has 0 radical (unpaired) electrons. The molecule has 1 fully saturated rings. The summed E-state index contributed by atoms with van der Waals surface area (Å²) in [6, 6.07) is 12.9. The van der Waals surface area contributed by atoms with Gasteiger partial charge in [-0.1, -0.05) is 18.2 Å². The summed E-state index contributed by atoms with van der Waals surface area (Å²) in [5.41, 5.74) is 6.67. The zero-order chi connectivity index (χ0) is 20.0. The predicted molar refractivity (Wildman–Crippen MR) is 111 cm³/mol. The van der Waals surface area contributed by atoms with Gasteiger partial charge in [-0.05, 0) is 43.2 Å².